The van der Waals surface area contributed by atoms with Crippen molar-refractivity contribution in [1.29, 1.82) is 0 Å². The Bertz CT molecular complexity index is 1090. The molecule has 0 bridgehead atoms. The van der Waals surface area contributed by atoms with Crippen molar-refractivity contribution in [2.45, 2.75) is 46.6 Å². The van der Waals surface area contributed by atoms with Crippen LogP contribution in [0.1, 0.15) is 50.2 Å². The van der Waals surface area contributed by atoms with Crippen LogP contribution in [0.4, 0.5) is 10.6 Å². The summed E-state index contributed by atoms with van der Waals surface area (Å²) in [4.78, 5) is 36.8. The van der Waals surface area contributed by atoms with Gasteiger partial charge in [-0.1, -0.05) is 6.92 Å². The Morgan fingerprint density at radius 2 is 1.69 bits per heavy atom. The predicted octanol–water partition coefficient (Wildman–Crippen LogP) is 4.94. The number of hydrogen-bond donors (Lipinski definition) is 1. The van der Waals surface area contributed by atoms with Gasteiger partial charge in [0, 0.05) is 41.3 Å². The number of fused-ring (bicyclic) bond motifs is 1. The maximum Gasteiger partial charge on any atom is 0.413 e. The molecular weight excluding hydrogens is 368 g/mol. The van der Waals surface area contributed by atoms with Crippen LogP contribution in [0, 0.1) is 6.92 Å². The lowest BCUT2D eigenvalue weighted by atomic mass is 10.0. The molecular formula is C22H24N4O3. The Labute approximate surface area is 169 Å². The molecule has 0 fully saturated rings. The Balaban J connectivity index is 1.86. The third kappa shape index (κ3) is 4.93. The van der Waals surface area contributed by atoms with E-state index in [9.17, 15) is 9.59 Å². The molecule has 7 heteroatoms. The van der Waals surface area contributed by atoms with Crippen LogP contribution in [0.2, 0.25) is 0 Å². The van der Waals surface area contributed by atoms with Gasteiger partial charge in [-0.25, -0.2) is 9.78 Å². The van der Waals surface area contributed by atoms with E-state index in [-0.39, 0.29) is 5.78 Å². The first-order chi connectivity index (χ1) is 13.7. The smallest absolute Gasteiger partial charge is 0.413 e. The lowest BCUT2D eigenvalue weighted by Gasteiger charge is -2.19. The Kier molecular flexibility index (Phi) is 5.59. The van der Waals surface area contributed by atoms with Crippen LogP contribution < -0.4 is 5.32 Å². The molecule has 1 amide bonds. The van der Waals surface area contributed by atoms with Crippen molar-refractivity contribution in [3.05, 3.63) is 48.0 Å². The molecule has 3 rings (SSSR count). The molecule has 1 N–H and O–H groups in total. The van der Waals surface area contributed by atoms with Crippen molar-refractivity contribution in [1.82, 2.24) is 15.0 Å². The molecule has 0 aliphatic heterocycles. The second-order valence-electron chi connectivity index (χ2n) is 7.77. The molecule has 150 valence electrons. The number of carbonyl (C=O) groups is 2. The second-order valence-corrected chi connectivity index (χ2v) is 7.77. The summed E-state index contributed by atoms with van der Waals surface area (Å²) >= 11 is 0. The van der Waals surface area contributed by atoms with Crippen molar-refractivity contribution in [3.8, 4) is 11.3 Å². The highest BCUT2D eigenvalue weighted by Crippen LogP contribution is 2.25. The van der Waals surface area contributed by atoms with Crippen LogP contribution >= 0.6 is 0 Å². The first-order valence-electron chi connectivity index (χ1n) is 9.42. The largest absolute Gasteiger partial charge is 0.444 e. The molecule has 0 aromatic carbocycles. The van der Waals surface area contributed by atoms with Crippen LogP contribution in [-0.4, -0.2) is 32.4 Å². The SMILES string of the molecule is CCC(=O)c1cc(C)c(-c2cc3cnc(NC(=O)OC(C)(C)C)cc3cn2)cn1. The monoisotopic (exact) mass is 392 g/mol. The van der Waals surface area contributed by atoms with E-state index >= 15 is 0 Å². The lowest BCUT2D eigenvalue weighted by Crippen LogP contribution is -2.27. The number of anilines is 1. The number of carbonyl (C=O) groups excluding carboxylic acids is 2. The lowest BCUT2D eigenvalue weighted by molar-refractivity contribution is 0.0635. The van der Waals surface area contributed by atoms with Gasteiger partial charge in [0.25, 0.3) is 0 Å². The standard InChI is InChI=1S/C22H24N4O3/c1-6-19(27)18-7-13(2)16(12-24-18)17-8-14-11-25-20(9-15(14)10-23-17)26-21(28)29-22(3,4)5/h7-12H,6H2,1-5H3,(H,25,26,28). The highest BCUT2D eigenvalue weighted by Gasteiger charge is 2.17. The topological polar surface area (TPSA) is 94.1 Å². The summed E-state index contributed by atoms with van der Waals surface area (Å²) in [5, 5.41) is 4.33. The minimum absolute atomic E-state index is 0.0142. The molecule has 0 aliphatic rings. The number of aryl methyl sites for hydroxylation is 1. The van der Waals surface area contributed by atoms with Gasteiger partial charge >= 0.3 is 6.09 Å². The number of amides is 1. The summed E-state index contributed by atoms with van der Waals surface area (Å²) < 4.78 is 5.24. The fourth-order valence-electron chi connectivity index (χ4n) is 2.82. The summed E-state index contributed by atoms with van der Waals surface area (Å²) in [7, 11) is 0. The number of Topliss-reactive ketones (excluding diaryl/α,β-unsaturated/α-hetero) is 1. The van der Waals surface area contributed by atoms with Crippen molar-refractivity contribution < 1.29 is 14.3 Å². The number of rotatable bonds is 4. The van der Waals surface area contributed by atoms with E-state index in [1.807, 2.05) is 19.9 Å². The van der Waals surface area contributed by atoms with Crippen molar-refractivity contribution in [2.75, 3.05) is 5.32 Å². The minimum Gasteiger partial charge on any atom is -0.444 e. The van der Waals surface area contributed by atoms with E-state index in [1.165, 1.54) is 0 Å². The van der Waals surface area contributed by atoms with Gasteiger partial charge in [0.1, 0.15) is 17.1 Å². The highest BCUT2D eigenvalue weighted by atomic mass is 16.6. The normalized spacial score (nSPS) is 11.3. The average Bonchev–Trinajstić information content (AvgIpc) is 2.65. The second kappa shape index (κ2) is 7.95. The number of pyridine rings is 3. The van der Waals surface area contributed by atoms with Gasteiger partial charge in [-0.15, -0.1) is 0 Å². The fraction of sp³-hybridized carbons (Fsp3) is 0.318. The zero-order valence-electron chi connectivity index (χ0n) is 17.2. The average molecular weight is 392 g/mol. The molecule has 3 aromatic heterocycles. The van der Waals surface area contributed by atoms with Gasteiger partial charge in [-0.3, -0.25) is 20.1 Å². The van der Waals surface area contributed by atoms with Crippen LogP contribution in [0.25, 0.3) is 22.0 Å². The maximum absolute atomic E-state index is 11.9. The van der Waals surface area contributed by atoms with Crippen LogP contribution in [0.3, 0.4) is 0 Å². The molecule has 0 atom stereocenters. The quantitative estimate of drug-likeness (QED) is 0.632. The van der Waals surface area contributed by atoms with Gasteiger partial charge in [-0.05, 0) is 51.5 Å². The van der Waals surface area contributed by atoms with Crippen LogP contribution in [-0.2, 0) is 4.74 Å². The van der Waals surface area contributed by atoms with Crippen LogP contribution in [0.5, 0.6) is 0 Å². The van der Waals surface area contributed by atoms with Gasteiger partial charge in [0.15, 0.2) is 5.78 Å². The zero-order valence-corrected chi connectivity index (χ0v) is 17.2. The molecule has 3 heterocycles. The van der Waals surface area contributed by atoms with E-state index in [2.05, 4.69) is 20.3 Å². The van der Waals surface area contributed by atoms with Crippen LogP contribution in [0.15, 0.2) is 36.8 Å². The number of hydrogen-bond acceptors (Lipinski definition) is 6. The predicted molar refractivity (Wildman–Crippen MR) is 112 cm³/mol. The van der Waals surface area contributed by atoms with E-state index in [0.717, 1.165) is 27.6 Å². The zero-order chi connectivity index (χ0) is 21.2. The third-order valence-electron chi connectivity index (χ3n) is 4.23. The minimum atomic E-state index is -0.583. The Morgan fingerprint density at radius 1 is 1.00 bits per heavy atom. The third-order valence-corrected chi connectivity index (χ3v) is 4.23. The Hall–Kier alpha value is -3.35. The summed E-state index contributed by atoms with van der Waals surface area (Å²) in [6, 6.07) is 5.44. The van der Waals surface area contributed by atoms with E-state index in [4.69, 9.17) is 4.74 Å². The summed E-state index contributed by atoms with van der Waals surface area (Å²) in [5.41, 5.74) is 2.41. The van der Waals surface area contributed by atoms with Gasteiger partial charge in [0.2, 0.25) is 0 Å². The molecule has 0 saturated heterocycles. The van der Waals surface area contributed by atoms with Gasteiger partial charge in [0.05, 0.1) is 5.69 Å². The number of ether oxygens (including phenoxy) is 1. The van der Waals surface area contributed by atoms with E-state index in [1.54, 1.807) is 51.5 Å². The molecule has 0 unspecified atom stereocenters. The van der Waals surface area contributed by atoms with E-state index < -0.39 is 11.7 Å². The highest BCUT2D eigenvalue weighted by molar-refractivity contribution is 5.95. The maximum atomic E-state index is 11.9. The van der Waals surface area contributed by atoms with Crippen molar-refractivity contribution in [3.63, 3.8) is 0 Å². The first-order valence-corrected chi connectivity index (χ1v) is 9.42. The first kappa shape index (κ1) is 20.4. The van der Waals surface area contributed by atoms with E-state index in [0.29, 0.717) is 17.9 Å². The van der Waals surface area contributed by atoms with Crippen molar-refractivity contribution >= 4 is 28.5 Å². The van der Waals surface area contributed by atoms with Crippen molar-refractivity contribution in [2.24, 2.45) is 0 Å². The summed E-state index contributed by atoms with van der Waals surface area (Å²) in [6.07, 6.45) is 4.93. The summed E-state index contributed by atoms with van der Waals surface area (Å²) in [5.74, 6) is 0.405. The number of nitrogens with one attached hydrogen (secondary N) is 1. The van der Waals surface area contributed by atoms with Gasteiger partial charge < -0.3 is 4.74 Å². The molecule has 0 spiro atoms. The molecule has 29 heavy (non-hydrogen) atoms. The number of nitrogens with zero attached hydrogens (tertiary/aromatic N) is 3. The van der Waals surface area contributed by atoms with Gasteiger partial charge in [-0.2, -0.15) is 0 Å². The molecule has 0 saturated carbocycles. The molecule has 0 aliphatic carbocycles. The molecule has 7 nitrogen and oxygen atoms in total. The number of ketones is 1. The fourth-order valence-corrected chi connectivity index (χ4v) is 2.82. The molecule has 0 radical (unpaired) electrons. The Morgan fingerprint density at radius 3 is 2.34 bits per heavy atom. The molecule has 3 aromatic rings. The number of aromatic nitrogens is 3. The summed E-state index contributed by atoms with van der Waals surface area (Å²) in [6.45, 7) is 9.15.